The second-order valence-electron chi connectivity index (χ2n) is 4.93. The average molecular weight is 256 g/mol. The van der Waals surface area contributed by atoms with E-state index in [1.54, 1.807) is 24.1 Å². The van der Waals surface area contributed by atoms with Gasteiger partial charge in [-0.2, -0.15) is 0 Å². The predicted octanol–water partition coefficient (Wildman–Crippen LogP) is 2.57. The van der Waals surface area contributed by atoms with Crippen molar-refractivity contribution in [1.29, 1.82) is 0 Å². The van der Waals surface area contributed by atoms with Gasteiger partial charge in [0.05, 0.1) is 12.5 Å². The molecule has 0 bridgehead atoms. The minimum absolute atomic E-state index is 0.0898. The molecular weight excluding hydrogens is 240 g/mol. The molecule has 1 aromatic carbocycles. The Labute approximate surface area is 112 Å². The van der Waals surface area contributed by atoms with Gasteiger partial charge >= 0.3 is 0 Å². The lowest BCUT2D eigenvalue weighted by Gasteiger charge is -2.18. The maximum atomic E-state index is 12.7. The Kier molecular flexibility index (Phi) is 2.66. The summed E-state index contributed by atoms with van der Waals surface area (Å²) in [5.41, 5.74) is 0.550. The molecule has 1 aromatic heterocycles. The molecule has 3 rings (SSSR count). The number of aryl methyl sites for hydroxylation is 1. The smallest absolute Gasteiger partial charge is 0.242 e. The van der Waals surface area contributed by atoms with Gasteiger partial charge in [-0.15, -0.1) is 0 Å². The lowest BCUT2D eigenvalue weighted by Crippen LogP contribution is -2.27. The minimum Gasteiger partial charge on any atom is -0.496 e. The summed E-state index contributed by atoms with van der Waals surface area (Å²) in [4.78, 5) is 16.9. The number of rotatable bonds is 3. The molecule has 0 radical (unpaired) electrons. The van der Waals surface area contributed by atoms with Gasteiger partial charge in [-0.25, -0.2) is 4.98 Å². The predicted molar refractivity (Wildman–Crippen MR) is 71.5 cm³/mol. The van der Waals surface area contributed by atoms with Gasteiger partial charge in [-0.05, 0) is 25.8 Å². The SMILES string of the molecule is COc1ccccc1C1(C(=O)n2ccnc2C)CC1. The van der Waals surface area contributed by atoms with Crippen LogP contribution in [0.15, 0.2) is 36.7 Å². The van der Waals surface area contributed by atoms with Crippen LogP contribution in [0.25, 0.3) is 0 Å². The van der Waals surface area contributed by atoms with E-state index in [0.29, 0.717) is 0 Å². The largest absolute Gasteiger partial charge is 0.496 e. The summed E-state index contributed by atoms with van der Waals surface area (Å²) in [6, 6.07) is 7.76. The van der Waals surface area contributed by atoms with Crippen molar-refractivity contribution in [3.8, 4) is 5.75 Å². The normalized spacial score (nSPS) is 16.1. The maximum Gasteiger partial charge on any atom is 0.242 e. The van der Waals surface area contributed by atoms with Gasteiger partial charge in [0, 0.05) is 18.0 Å². The highest BCUT2D eigenvalue weighted by atomic mass is 16.5. The van der Waals surface area contributed by atoms with E-state index in [1.165, 1.54) is 0 Å². The molecule has 19 heavy (non-hydrogen) atoms. The van der Waals surface area contributed by atoms with Crippen molar-refractivity contribution in [2.75, 3.05) is 7.11 Å². The Balaban J connectivity index is 2.04. The van der Waals surface area contributed by atoms with E-state index in [0.717, 1.165) is 30.0 Å². The van der Waals surface area contributed by atoms with Crippen LogP contribution in [0.2, 0.25) is 0 Å². The fraction of sp³-hybridized carbons (Fsp3) is 0.333. The first-order valence-corrected chi connectivity index (χ1v) is 6.37. The number of hydrogen-bond donors (Lipinski definition) is 0. The molecule has 0 aliphatic heterocycles. The Morgan fingerprint density at radius 1 is 1.37 bits per heavy atom. The quantitative estimate of drug-likeness (QED) is 0.847. The second-order valence-corrected chi connectivity index (χ2v) is 4.93. The number of hydrogen-bond acceptors (Lipinski definition) is 3. The number of nitrogens with zero attached hydrogens (tertiary/aromatic N) is 2. The Morgan fingerprint density at radius 2 is 2.11 bits per heavy atom. The van der Waals surface area contributed by atoms with Crippen molar-refractivity contribution in [3.05, 3.63) is 48.0 Å². The van der Waals surface area contributed by atoms with Crippen molar-refractivity contribution >= 4 is 5.91 Å². The summed E-state index contributed by atoms with van der Waals surface area (Å²) in [5, 5.41) is 0. The van der Waals surface area contributed by atoms with Crippen LogP contribution in [-0.4, -0.2) is 22.6 Å². The van der Waals surface area contributed by atoms with Crippen molar-refractivity contribution in [3.63, 3.8) is 0 Å². The van der Waals surface area contributed by atoms with Gasteiger partial charge in [0.25, 0.3) is 0 Å². The second kappa shape index (κ2) is 4.23. The van der Waals surface area contributed by atoms with Crippen molar-refractivity contribution in [2.45, 2.75) is 25.2 Å². The van der Waals surface area contributed by atoms with Gasteiger partial charge in [0.1, 0.15) is 11.6 Å². The molecule has 4 heteroatoms. The van der Waals surface area contributed by atoms with Crippen LogP contribution in [0.3, 0.4) is 0 Å². The number of benzene rings is 1. The average Bonchev–Trinajstić information content (AvgIpc) is 3.14. The Hall–Kier alpha value is -2.10. The number of carbonyl (C=O) groups is 1. The van der Waals surface area contributed by atoms with Gasteiger partial charge in [0.15, 0.2) is 0 Å². The summed E-state index contributed by atoms with van der Waals surface area (Å²) in [5.74, 6) is 1.60. The highest BCUT2D eigenvalue weighted by Crippen LogP contribution is 2.52. The van der Waals surface area contributed by atoms with Gasteiger partial charge in [-0.3, -0.25) is 9.36 Å². The lowest BCUT2D eigenvalue weighted by molar-refractivity contribution is 0.0858. The highest BCUT2D eigenvalue weighted by molar-refractivity contribution is 5.94. The van der Waals surface area contributed by atoms with E-state index in [9.17, 15) is 4.79 Å². The number of aromatic nitrogens is 2. The summed E-state index contributed by atoms with van der Waals surface area (Å²) in [6.45, 7) is 1.84. The first-order valence-electron chi connectivity index (χ1n) is 6.37. The number of carbonyl (C=O) groups excluding carboxylic acids is 1. The third-order valence-electron chi connectivity index (χ3n) is 3.83. The number of para-hydroxylation sites is 1. The number of ether oxygens (including phenoxy) is 1. The molecule has 0 atom stereocenters. The molecule has 1 aliphatic carbocycles. The number of methoxy groups -OCH3 is 1. The molecule has 98 valence electrons. The molecule has 0 spiro atoms. The van der Waals surface area contributed by atoms with Gasteiger partial charge in [0.2, 0.25) is 5.91 Å². The fourth-order valence-electron chi connectivity index (χ4n) is 2.59. The monoisotopic (exact) mass is 256 g/mol. The van der Waals surface area contributed by atoms with Crippen molar-refractivity contribution in [2.24, 2.45) is 0 Å². The summed E-state index contributed by atoms with van der Waals surface area (Å²) in [6.07, 6.45) is 5.12. The molecule has 4 nitrogen and oxygen atoms in total. The topological polar surface area (TPSA) is 44.1 Å². The highest BCUT2D eigenvalue weighted by Gasteiger charge is 2.53. The van der Waals surface area contributed by atoms with Crippen LogP contribution < -0.4 is 4.74 Å². The molecule has 0 N–H and O–H groups in total. The Morgan fingerprint density at radius 3 is 2.68 bits per heavy atom. The third-order valence-corrected chi connectivity index (χ3v) is 3.83. The van der Waals surface area contributed by atoms with Gasteiger partial charge < -0.3 is 4.74 Å². The van der Waals surface area contributed by atoms with E-state index in [2.05, 4.69) is 4.98 Å². The van der Waals surface area contributed by atoms with Crippen LogP contribution in [-0.2, 0) is 5.41 Å². The minimum atomic E-state index is -0.432. The van der Waals surface area contributed by atoms with Crippen LogP contribution in [0.5, 0.6) is 5.75 Å². The summed E-state index contributed by atoms with van der Waals surface area (Å²) >= 11 is 0. The van der Waals surface area contributed by atoms with Crippen LogP contribution >= 0.6 is 0 Å². The maximum absolute atomic E-state index is 12.7. The standard InChI is InChI=1S/C15H16N2O2/c1-11-16-9-10-17(11)14(18)15(7-8-15)12-5-3-4-6-13(12)19-2/h3-6,9-10H,7-8H2,1-2H3. The molecule has 2 aromatic rings. The summed E-state index contributed by atoms with van der Waals surface area (Å²) < 4.78 is 7.03. The van der Waals surface area contributed by atoms with E-state index in [4.69, 9.17) is 4.74 Å². The van der Waals surface area contributed by atoms with Crippen LogP contribution in [0, 0.1) is 6.92 Å². The molecular formula is C15H16N2O2. The molecule has 1 heterocycles. The molecule has 1 fully saturated rings. The van der Waals surface area contributed by atoms with Crippen molar-refractivity contribution in [1.82, 2.24) is 9.55 Å². The molecule has 0 saturated heterocycles. The molecule has 1 saturated carbocycles. The van der Waals surface area contributed by atoms with E-state index in [-0.39, 0.29) is 5.91 Å². The molecule has 1 aliphatic rings. The van der Waals surface area contributed by atoms with Crippen molar-refractivity contribution < 1.29 is 9.53 Å². The zero-order valence-corrected chi connectivity index (χ0v) is 11.1. The Bertz CT molecular complexity index is 627. The molecule has 0 unspecified atom stereocenters. The van der Waals surface area contributed by atoms with E-state index in [1.807, 2.05) is 31.2 Å². The zero-order chi connectivity index (χ0) is 13.5. The zero-order valence-electron chi connectivity index (χ0n) is 11.1. The summed E-state index contributed by atoms with van der Waals surface area (Å²) in [7, 11) is 1.64. The first kappa shape index (κ1) is 12.0. The van der Waals surface area contributed by atoms with Crippen LogP contribution in [0.4, 0.5) is 0 Å². The lowest BCUT2D eigenvalue weighted by atomic mass is 9.94. The molecule has 0 amide bonds. The fourth-order valence-corrected chi connectivity index (χ4v) is 2.59. The first-order chi connectivity index (χ1) is 9.19. The van der Waals surface area contributed by atoms with E-state index >= 15 is 0 Å². The van der Waals surface area contributed by atoms with Crippen LogP contribution in [0.1, 0.15) is 29.0 Å². The van der Waals surface area contributed by atoms with Gasteiger partial charge in [-0.1, -0.05) is 18.2 Å². The van der Waals surface area contributed by atoms with E-state index < -0.39 is 5.41 Å². The third kappa shape index (κ3) is 1.75. The number of imidazole rings is 1.